The molecule has 0 spiro atoms. The summed E-state index contributed by atoms with van der Waals surface area (Å²) in [6, 6.07) is 7.62. The molecule has 2 aromatic rings. The van der Waals surface area contributed by atoms with Crippen molar-refractivity contribution >= 4 is 0 Å². The molecule has 0 bridgehead atoms. The quantitative estimate of drug-likeness (QED) is 0.761. The molecule has 3 nitrogen and oxygen atoms in total. The van der Waals surface area contributed by atoms with Gasteiger partial charge in [0.1, 0.15) is 0 Å². The molecule has 2 aromatic heterocycles. The molecule has 124 valence electrons. The van der Waals surface area contributed by atoms with Gasteiger partial charge in [-0.3, -0.25) is 9.97 Å². The lowest BCUT2D eigenvalue weighted by atomic mass is 10.1. The zero-order chi connectivity index (χ0) is 16.9. The van der Waals surface area contributed by atoms with Gasteiger partial charge in [-0.1, -0.05) is 19.9 Å². The van der Waals surface area contributed by atoms with E-state index in [1.54, 1.807) is 12.3 Å². The zero-order valence-corrected chi connectivity index (χ0v) is 13.7. The summed E-state index contributed by atoms with van der Waals surface area (Å²) in [5.74, 6) is 0.618. The number of aromatic nitrogens is 2. The molecule has 1 fully saturated rings. The molecule has 0 aliphatic heterocycles. The molecular formula is C18H22F2N2O. The minimum Gasteiger partial charge on any atom is -0.314 e. The zero-order valence-electron chi connectivity index (χ0n) is 13.7. The molecule has 0 radical (unpaired) electrons. The fourth-order valence-electron chi connectivity index (χ4n) is 2.13. The smallest absolute Gasteiger partial charge is 0.314 e. The number of nitrogens with zero attached hydrogens (tertiary/aromatic N) is 2. The fourth-order valence-corrected chi connectivity index (χ4v) is 2.13. The predicted octanol–water partition coefficient (Wildman–Crippen LogP) is 5.18. The topological polar surface area (TPSA) is 35.0 Å². The van der Waals surface area contributed by atoms with Gasteiger partial charge in [0.05, 0.1) is 12.3 Å². The van der Waals surface area contributed by atoms with Gasteiger partial charge in [0.15, 0.2) is 0 Å². The van der Waals surface area contributed by atoms with E-state index < -0.39 is 6.11 Å². The van der Waals surface area contributed by atoms with Gasteiger partial charge in [-0.25, -0.2) is 0 Å². The summed E-state index contributed by atoms with van der Waals surface area (Å²) in [6.07, 6.45) is 2.70. The van der Waals surface area contributed by atoms with Crippen LogP contribution in [0.5, 0.6) is 0 Å². The van der Waals surface area contributed by atoms with E-state index in [1.807, 2.05) is 38.2 Å². The van der Waals surface area contributed by atoms with Crippen LogP contribution in [0.1, 0.15) is 50.9 Å². The number of ether oxygens (including phenoxy) is 1. The Kier molecular flexibility index (Phi) is 5.77. The molecule has 23 heavy (non-hydrogen) atoms. The molecule has 0 N–H and O–H groups in total. The first-order chi connectivity index (χ1) is 11.0. The molecule has 1 aliphatic rings. The lowest BCUT2D eigenvalue weighted by Gasteiger charge is -2.11. The molecular weight excluding hydrogens is 298 g/mol. The number of halogens is 2. The molecule has 0 unspecified atom stereocenters. The maximum absolute atomic E-state index is 12.7. The summed E-state index contributed by atoms with van der Waals surface area (Å²) >= 11 is 0. The van der Waals surface area contributed by atoms with Crippen LogP contribution in [0.15, 0.2) is 36.7 Å². The van der Waals surface area contributed by atoms with Crippen molar-refractivity contribution in [1.29, 1.82) is 0 Å². The van der Waals surface area contributed by atoms with Gasteiger partial charge in [0.25, 0.3) is 0 Å². The molecule has 1 aliphatic carbocycles. The van der Waals surface area contributed by atoms with Gasteiger partial charge < -0.3 is 4.74 Å². The van der Waals surface area contributed by atoms with E-state index in [2.05, 4.69) is 14.7 Å². The van der Waals surface area contributed by atoms with Gasteiger partial charge in [-0.2, -0.15) is 8.78 Å². The average molecular weight is 320 g/mol. The Labute approximate surface area is 135 Å². The first-order valence-corrected chi connectivity index (χ1v) is 7.94. The van der Waals surface area contributed by atoms with Crippen LogP contribution in [-0.2, 0) is 11.3 Å². The highest BCUT2D eigenvalue weighted by molar-refractivity contribution is 5.62. The van der Waals surface area contributed by atoms with E-state index in [0.717, 1.165) is 23.7 Å². The van der Waals surface area contributed by atoms with E-state index in [0.29, 0.717) is 11.6 Å². The summed E-state index contributed by atoms with van der Waals surface area (Å²) in [6.45, 7) is 4.50. The standard InChI is InChI=1S/C16H16F2N2O.C2H6/c1-16(17,18)21-10-14-8-12(6-7-19-14)13-4-5-15(20-9-13)11-2-3-11;1-2/h4-9,11H,2-3,10H2,1H3;1-2H3. The molecule has 0 amide bonds. The summed E-state index contributed by atoms with van der Waals surface area (Å²) in [4.78, 5) is 8.51. The van der Waals surface area contributed by atoms with Gasteiger partial charge >= 0.3 is 6.11 Å². The SMILES string of the molecule is CC.CC(F)(F)OCc1cc(-c2ccc(C3CC3)nc2)ccn1. The second kappa shape index (κ2) is 7.59. The van der Waals surface area contributed by atoms with Gasteiger partial charge in [-0.15, -0.1) is 0 Å². The van der Waals surface area contributed by atoms with Crippen molar-refractivity contribution in [2.24, 2.45) is 0 Å². The third-order valence-electron chi connectivity index (χ3n) is 3.41. The minimum absolute atomic E-state index is 0.217. The summed E-state index contributed by atoms with van der Waals surface area (Å²) in [5, 5.41) is 0. The van der Waals surface area contributed by atoms with E-state index in [9.17, 15) is 8.78 Å². The monoisotopic (exact) mass is 320 g/mol. The van der Waals surface area contributed by atoms with E-state index in [4.69, 9.17) is 0 Å². The van der Waals surface area contributed by atoms with Crippen LogP contribution in [0.4, 0.5) is 8.78 Å². The van der Waals surface area contributed by atoms with Gasteiger partial charge in [0.2, 0.25) is 0 Å². The van der Waals surface area contributed by atoms with Crippen LogP contribution < -0.4 is 0 Å². The minimum atomic E-state index is -3.15. The van der Waals surface area contributed by atoms with Crippen molar-refractivity contribution in [3.63, 3.8) is 0 Å². The highest BCUT2D eigenvalue weighted by Gasteiger charge is 2.24. The number of alkyl halides is 2. The third-order valence-corrected chi connectivity index (χ3v) is 3.41. The summed E-state index contributed by atoms with van der Waals surface area (Å²) in [5.41, 5.74) is 3.45. The molecule has 0 aromatic carbocycles. The highest BCUT2D eigenvalue weighted by Crippen LogP contribution is 2.39. The Balaban J connectivity index is 0.000000924. The molecule has 3 rings (SSSR count). The molecule has 2 heterocycles. The van der Waals surface area contributed by atoms with Crippen LogP contribution in [0, 0.1) is 0 Å². The van der Waals surface area contributed by atoms with Crippen LogP contribution in [0.2, 0.25) is 0 Å². The van der Waals surface area contributed by atoms with Crippen LogP contribution in [-0.4, -0.2) is 16.1 Å². The first kappa shape index (κ1) is 17.5. The van der Waals surface area contributed by atoms with Crippen molar-refractivity contribution in [3.05, 3.63) is 48.0 Å². The predicted molar refractivity (Wildman–Crippen MR) is 86.2 cm³/mol. The lowest BCUT2D eigenvalue weighted by molar-refractivity contribution is -0.231. The second-order valence-electron chi connectivity index (χ2n) is 5.38. The normalized spacial score (nSPS) is 14.1. The van der Waals surface area contributed by atoms with E-state index in [-0.39, 0.29) is 6.61 Å². The largest absolute Gasteiger partial charge is 0.353 e. The number of rotatable bonds is 5. The average Bonchev–Trinajstić information content (AvgIpc) is 3.40. The Hall–Kier alpha value is -1.88. The third kappa shape index (κ3) is 5.36. The highest BCUT2D eigenvalue weighted by atomic mass is 19.3. The number of hydrogen-bond donors (Lipinski definition) is 0. The van der Waals surface area contributed by atoms with Crippen molar-refractivity contribution in [3.8, 4) is 11.1 Å². The summed E-state index contributed by atoms with van der Waals surface area (Å²) < 4.78 is 29.8. The van der Waals surface area contributed by atoms with E-state index >= 15 is 0 Å². The van der Waals surface area contributed by atoms with E-state index in [1.165, 1.54) is 12.8 Å². The van der Waals surface area contributed by atoms with Crippen molar-refractivity contribution in [1.82, 2.24) is 9.97 Å². The maximum atomic E-state index is 12.7. The summed E-state index contributed by atoms with van der Waals surface area (Å²) in [7, 11) is 0. The van der Waals surface area contributed by atoms with Crippen LogP contribution >= 0.6 is 0 Å². The first-order valence-electron chi connectivity index (χ1n) is 7.94. The molecule has 0 atom stereocenters. The van der Waals surface area contributed by atoms with Crippen molar-refractivity contribution < 1.29 is 13.5 Å². The maximum Gasteiger partial charge on any atom is 0.353 e. The second-order valence-corrected chi connectivity index (χ2v) is 5.38. The molecule has 5 heteroatoms. The lowest BCUT2D eigenvalue weighted by Crippen LogP contribution is -2.15. The van der Waals surface area contributed by atoms with Crippen LogP contribution in [0.3, 0.4) is 0 Å². The van der Waals surface area contributed by atoms with Gasteiger partial charge in [0, 0.05) is 36.5 Å². The Morgan fingerprint density at radius 2 is 1.87 bits per heavy atom. The Morgan fingerprint density at radius 1 is 1.13 bits per heavy atom. The van der Waals surface area contributed by atoms with Crippen molar-refractivity contribution in [2.45, 2.75) is 52.2 Å². The Morgan fingerprint density at radius 3 is 2.43 bits per heavy atom. The number of pyridine rings is 2. The molecule has 1 saturated carbocycles. The van der Waals surface area contributed by atoms with Crippen molar-refractivity contribution in [2.75, 3.05) is 0 Å². The molecule has 0 saturated heterocycles. The Bertz CT molecular complexity index is 620. The van der Waals surface area contributed by atoms with Crippen LogP contribution in [0.25, 0.3) is 11.1 Å². The number of hydrogen-bond acceptors (Lipinski definition) is 3. The van der Waals surface area contributed by atoms with Gasteiger partial charge in [-0.05, 0) is 36.6 Å². The fraction of sp³-hybridized carbons (Fsp3) is 0.444.